The van der Waals surface area contributed by atoms with Crippen LogP contribution in [0.25, 0.3) is 0 Å². The molecular weight excluding hydrogens is 316 g/mol. The molecule has 0 unspecified atom stereocenters. The van der Waals surface area contributed by atoms with Crippen LogP contribution < -0.4 is 0 Å². The van der Waals surface area contributed by atoms with Gasteiger partial charge in [-0.15, -0.1) is 0 Å². The zero-order valence-electron chi connectivity index (χ0n) is 14.7. The van der Waals surface area contributed by atoms with Gasteiger partial charge in [-0.2, -0.15) is 0 Å². The molecule has 7 heteroatoms. The second kappa shape index (κ2) is 10.7. The Labute approximate surface area is 134 Å². The smallest absolute Gasteiger partial charge is 0.393 e. The van der Waals surface area contributed by atoms with Crippen LogP contribution in [0.5, 0.6) is 0 Å². The van der Waals surface area contributed by atoms with Crippen molar-refractivity contribution >= 4 is 26.6 Å². The van der Waals surface area contributed by atoms with E-state index < -0.39 is 26.6 Å². The molecule has 0 aromatic carbocycles. The first kappa shape index (κ1) is 21.0. The average Bonchev–Trinajstić information content (AvgIpc) is 2.47. The monoisotopic (exact) mass is 346 g/mol. The SMILES string of the molecule is CCC(=C[Si](C)(C)C=C(CC)[Si](OC)OC)[Si](OC)OC. The van der Waals surface area contributed by atoms with Crippen LogP contribution in [0.2, 0.25) is 13.1 Å². The van der Waals surface area contributed by atoms with E-state index in [1.165, 1.54) is 10.4 Å². The van der Waals surface area contributed by atoms with E-state index in [9.17, 15) is 0 Å². The van der Waals surface area contributed by atoms with E-state index in [4.69, 9.17) is 17.7 Å². The van der Waals surface area contributed by atoms with E-state index in [2.05, 4.69) is 38.3 Å². The molecule has 0 rings (SSSR count). The molecule has 0 amide bonds. The van der Waals surface area contributed by atoms with Crippen molar-refractivity contribution in [3.05, 3.63) is 21.8 Å². The maximum Gasteiger partial charge on any atom is 0.417 e. The van der Waals surface area contributed by atoms with Crippen molar-refractivity contribution in [2.24, 2.45) is 0 Å². The molecule has 0 heterocycles. The van der Waals surface area contributed by atoms with Crippen LogP contribution >= 0.6 is 0 Å². The lowest BCUT2D eigenvalue weighted by molar-refractivity contribution is 0.286. The number of hydrogen-bond donors (Lipinski definition) is 0. The number of allylic oxidation sites excluding steroid dienone is 2. The minimum atomic E-state index is -1.66. The van der Waals surface area contributed by atoms with Crippen LogP contribution in [0.15, 0.2) is 21.8 Å². The van der Waals surface area contributed by atoms with Crippen molar-refractivity contribution in [2.45, 2.75) is 39.8 Å². The first-order valence-corrected chi connectivity index (χ1v) is 13.0. The van der Waals surface area contributed by atoms with Gasteiger partial charge in [-0.3, -0.25) is 0 Å². The first-order chi connectivity index (χ1) is 9.88. The van der Waals surface area contributed by atoms with Crippen molar-refractivity contribution in [3.8, 4) is 0 Å². The summed E-state index contributed by atoms with van der Waals surface area (Å²) >= 11 is 0. The summed E-state index contributed by atoms with van der Waals surface area (Å²) < 4.78 is 22.0. The Morgan fingerprint density at radius 2 is 1.05 bits per heavy atom. The Bertz CT molecular complexity index is 316. The topological polar surface area (TPSA) is 36.9 Å². The van der Waals surface area contributed by atoms with Crippen molar-refractivity contribution < 1.29 is 17.7 Å². The molecule has 0 aromatic heterocycles. The minimum absolute atomic E-state index is 0.966. The van der Waals surface area contributed by atoms with E-state index in [1.807, 2.05) is 0 Å². The second-order valence-electron chi connectivity index (χ2n) is 5.26. The molecule has 2 radical (unpaired) electrons. The Hall–Kier alpha value is -0.0294. The molecule has 0 aliphatic rings. The molecule has 0 saturated carbocycles. The third-order valence-electron chi connectivity index (χ3n) is 3.12. The van der Waals surface area contributed by atoms with Gasteiger partial charge in [-0.05, 0) is 23.2 Å². The summed E-state index contributed by atoms with van der Waals surface area (Å²) in [4.78, 5) is 0. The average molecular weight is 347 g/mol. The summed E-state index contributed by atoms with van der Waals surface area (Å²) in [6.45, 7) is 8.97. The molecule has 0 aromatic rings. The van der Waals surface area contributed by atoms with Gasteiger partial charge in [0.15, 0.2) is 0 Å². The maximum absolute atomic E-state index is 5.49. The molecule has 0 aliphatic carbocycles. The highest BCUT2D eigenvalue weighted by Crippen LogP contribution is 2.19. The van der Waals surface area contributed by atoms with Crippen LogP contribution in [-0.2, 0) is 17.7 Å². The highest BCUT2D eigenvalue weighted by molar-refractivity contribution is 6.88. The highest BCUT2D eigenvalue weighted by Gasteiger charge is 2.26. The lowest BCUT2D eigenvalue weighted by Crippen LogP contribution is -2.31. The first-order valence-electron chi connectivity index (χ1n) is 7.23. The largest absolute Gasteiger partial charge is 0.417 e. The molecule has 4 nitrogen and oxygen atoms in total. The zero-order valence-corrected chi connectivity index (χ0v) is 17.7. The van der Waals surface area contributed by atoms with Crippen LogP contribution in [0.3, 0.4) is 0 Å². The lowest BCUT2D eigenvalue weighted by Gasteiger charge is -2.21. The van der Waals surface area contributed by atoms with Crippen molar-refractivity contribution in [1.82, 2.24) is 0 Å². The van der Waals surface area contributed by atoms with Gasteiger partial charge in [0.1, 0.15) is 0 Å². The summed E-state index contributed by atoms with van der Waals surface area (Å²) in [5.41, 5.74) is 4.80. The fourth-order valence-corrected chi connectivity index (χ4v) is 9.66. The Kier molecular flexibility index (Phi) is 10.6. The third-order valence-corrected chi connectivity index (χ3v) is 9.41. The highest BCUT2D eigenvalue weighted by atomic mass is 28.3. The van der Waals surface area contributed by atoms with E-state index in [1.54, 1.807) is 28.4 Å². The predicted octanol–water partition coefficient (Wildman–Crippen LogP) is 3.09. The van der Waals surface area contributed by atoms with Crippen molar-refractivity contribution in [1.29, 1.82) is 0 Å². The Morgan fingerprint density at radius 1 is 0.762 bits per heavy atom. The second-order valence-corrected chi connectivity index (χ2v) is 13.5. The third kappa shape index (κ3) is 7.18. The lowest BCUT2D eigenvalue weighted by atomic mass is 10.5. The van der Waals surface area contributed by atoms with Crippen molar-refractivity contribution in [3.63, 3.8) is 0 Å². The molecule has 21 heavy (non-hydrogen) atoms. The van der Waals surface area contributed by atoms with E-state index >= 15 is 0 Å². The number of hydrogen-bond acceptors (Lipinski definition) is 4. The van der Waals surface area contributed by atoms with Crippen molar-refractivity contribution in [2.75, 3.05) is 28.4 Å². The molecule has 122 valence electrons. The summed E-state index contributed by atoms with van der Waals surface area (Å²) in [5, 5.41) is 2.61. The van der Waals surface area contributed by atoms with Crippen LogP contribution in [-0.4, -0.2) is 55.1 Å². The molecule has 0 spiro atoms. The quantitative estimate of drug-likeness (QED) is 0.570. The van der Waals surface area contributed by atoms with E-state index in [0.717, 1.165) is 12.8 Å². The van der Waals surface area contributed by atoms with Gasteiger partial charge >= 0.3 is 18.6 Å². The van der Waals surface area contributed by atoms with Gasteiger partial charge < -0.3 is 17.7 Å². The minimum Gasteiger partial charge on any atom is -0.393 e. The summed E-state index contributed by atoms with van der Waals surface area (Å²) in [6, 6.07) is 0. The molecule has 0 saturated heterocycles. The van der Waals surface area contributed by atoms with Crippen LogP contribution in [0.4, 0.5) is 0 Å². The molecule has 0 bridgehead atoms. The normalized spacial score (nSPS) is 14.4. The van der Waals surface area contributed by atoms with Gasteiger partial charge in [0, 0.05) is 28.4 Å². The van der Waals surface area contributed by atoms with Gasteiger partial charge in [-0.1, -0.05) is 38.3 Å². The molecule has 0 N–H and O–H groups in total. The maximum atomic E-state index is 5.49. The summed E-state index contributed by atoms with van der Waals surface area (Å²) in [7, 11) is 2.62. The number of rotatable bonds is 10. The summed E-state index contributed by atoms with van der Waals surface area (Å²) in [6.07, 6.45) is 1.93. The van der Waals surface area contributed by atoms with Gasteiger partial charge in [0.05, 0.1) is 8.07 Å². The fraction of sp³-hybridized carbons (Fsp3) is 0.714. The Balaban J connectivity index is 5.41. The van der Waals surface area contributed by atoms with E-state index in [0.29, 0.717) is 0 Å². The summed E-state index contributed by atoms with van der Waals surface area (Å²) in [5.74, 6) is 0. The van der Waals surface area contributed by atoms with E-state index in [-0.39, 0.29) is 0 Å². The fourth-order valence-electron chi connectivity index (χ4n) is 2.24. The van der Waals surface area contributed by atoms with Gasteiger partial charge in [-0.25, -0.2) is 0 Å². The predicted molar refractivity (Wildman–Crippen MR) is 93.8 cm³/mol. The van der Waals surface area contributed by atoms with Gasteiger partial charge in [0.2, 0.25) is 0 Å². The van der Waals surface area contributed by atoms with Crippen LogP contribution in [0, 0.1) is 0 Å². The molecule has 0 fully saturated rings. The van der Waals surface area contributed by atoms with Gasteiger partial charge in [0.25, 0.3) is 0 Å². The zero-order chi connectivity index (χ0) is 16.5. The molecule has 0 atom stereocenters. The molecule has 0 aliphatic heterocycles. The molecular formula is C14H30O4Si3. The Morgan fingerprint density at radius 3 is 1.24 bits per heavy atom. The van der Waals surface area contributed by atoms with Crippen LogP contribution in [0.1, 0.15) is 26.7 Å². The standard InChI is InChI=1S/C14H30O4Si3/c1-9-13(19(15-3)16-4)11-21(7,8)12-14(10-2)20(17-5)18-6/h11-12H,9-10H2,1-8H3.